The van der Waals surface area contributed by atoms with Crippen LogP contribution >= 0.6 is 11.3 Å². The summed E-state index contributed by atoms with van der Waals surface area (Å²) in [6.07, 6.45) is 0. The van der Waals surface area contributed by atoms with Crippen molar-refractivity contribution in [3.63, 3.8) is 0 Å². The number of carbonyl (C=O) groups is 1. The second-order valence-electron chi connectivity index (χ2n) is 5.28. The normalized spacial score (nSPS) is 10.7. The number of benzene rings is 1. The smallest absolute Gasteiger partial charge is 0.273 e. The second kappa shape index (κ2) is 6.74. The van der Waals surface area contributed by atoms with Gasteiger partial charge < -0.3 is 14.4 Å². The molecular weight excluding hydrogens is 338 g/mol. The number of aromatic nitrogens is 2. The van der Waals surface area contributed by atoms with Gasteiger partial charge in [0.15, 0.2) is 17.2 Å². The average molecular weight is 351 g/mol. The molecule has 4 rings (SSSR count). The predicted molar refractivity (Wildman–Crippen MR) is 92.9 cm³/mol. The fraction of sp³-hybridized carbons (Fsp3) is 0.0556. The zero-order valence-corrected chi connectivity index (χ0v) is 13.8. The number of nitrogens with one attached hydrogen (secondary N) is 1. The predicted octanol–water partition coefficient (Wildman–Crippen LogP) is 3.99. The van der Waals surface area contributed by atoms with Crippen molar-refractivity contribution >= 4 is 17.2 Å². The summed E-state index contributed by atoms with van der Waals surface area (Å²) in [7, 11) is 0. The molecule has 0 aliphatic rings. The Labute approximate surface area is 147 Å². The standard InChI is InChI=1S/C18H13N3O3S/c22-18(14-10-15(23-21-14)12-5-2-1-3-6-12)19-11-13-9-16(24-20-13)17-7-4-8-25-17/h1-10H,11H2,(H,19,22). The number of hydrogen-bond acceptors (Lipinski definition) is 6. The summed E-state index contributed by atoms with van der Waals surface area (Å²) in [5.74, 6) is 0.908. The van der Waals surface area contributed by atoms with Crippen LogP contribution in [0.5, 0.6) is 0 Å². The molecule has 0 saturated carbocycles. The molecule has 1 amide bonds. The van der Waals surface area contributed by atoms with Crippen LogP contribution in [0.25, 0.3) is 22.0 Å². The first-order valence-electron chi connectivity index (χ1n) is 7.59. The summed E-state index contributed by atoms with van der Waals surface area (Å²) in [5, 5.41) is 12.5. The number of hydrogen-bond donors (Lipinski definition) is 1. The molecule has 0 unspecified atom stereocenters. The highest BCUT2D eigenvalue weighted by Crippen LogP contribution is 2.25. The van der Waals surface area contributed by atoms with Crippen molar-refractivity contribution in [2.75, 3.05) is 0 Å². The highest BCUT2D eigenvalue weighted by Gasteiger charge is 2.14. The van der Waals surface area contributed by atoms with Gasteiger partial charge in [-0.2, -0.15) is 0 Å². The van der Waals surface area contributed by atoms with Gasteiger partial charge in [-0.25, -0.2) is 0 Å². The third-order valence-corrected chi connectivity index (χ3v) is 4.44. The van der Waals surface area contributed by atoms with Crippen LogP contribution in [0.1, 0.15) is 16.2 Å². The molecule has 7 heteroatoms. The molecule has 0 spiro atoms. The van der Waals surface area contributed by atoms with E-state index in [-0.39, 0.29) is 18.1 Å². The van der Waals surface area contributed by atoms with E-state index in [0.29, 0.717) is 17.2 Å². The minimum Gasteiger partial charge on any atom is -0.355 e. The number of carbonyl (C=O) groups excluding carboxylic acids is 1. The Morgan fingerprint density at radius 2 is 1.84 bits per heavy atom. The van der Waals surface area contributed by atoms with Gasteiger partial charge in [-0.15, -0.1) is 11.3 Å². The average Bonchev–Trinajstić information content (AvgIpc) is 3.41. The van der Waals surface area contributed by atoms with E-state index in [0.717, 1.165) is 10.4 Å². The number of amides is 1. The Balaban J connectivity index is 1.40. The second-order valence-corrected chi connectivity index (χ2v) is 6.23. The molecule has 0 fully saturated rings. The van der Waals surface area contributed by atoms with Crippen LogP contribution in [-0.4, -0.2) is 16.2 Å². The van der Waals surface area contributed by atoms with E-state index in [1.54, 1.807) is 17.4 Å². The van der Waals surface area contributed by atoms with Crippen LogP contribution < -0.4 is 5.32 Å². The van der Waals surface area contributed by atoms with Gasteiger partial charge in [-0.05, 0) is 11.4 Å². The molecule has 0 atom stereocenters. The monoisotopic (exact) mass is 351 g/mol. The summed E-state index contributed by atoms with van der Waals surface area (Å²) in [6, 6.07) is 16.8. The zero-order chi connectivity index (χ0) is 17.1. The first kappa shape index (κ1) is 15.3. The summed E-state index contributed by atoms with van der Waals surface area (Å²) < 4.78 is 10.5. The highest BCUT2D eigenvalue weighted by atomic mass is 32.1. The topological polar surface area (TPSA) is 81.2 Å². The van der Waals surface area contributed by atoms with E-state index >= 15 is 0 Å². The van der Waals surface area contributed by atoms with E-state index in [4.69, 9.17) is 9.05 Å². The third-order valence-electron chi connectivity index (χ3n) is 3.55. The van der Waals surface area contributed by atoms with Gasteiger partial charge >= 0.3 is 0 Å². The SMILES string of the molecule is O=C(NCc1cc(-c2cccs2)on1)c1cc(-c2ccccc2)on1. The Kier molecular flexibility index (Phi) is 4.14. The highest BCUT2D eigenvalue weighted by molar-refractivity contribution is 7.13. The zero-order valence-electron chi connectivity index (χ0n) is 13.0. The minimum absolute atomic E-state index is 0.223. The fourth-order valence-electron chi connectivity index (χ4n) is 2.31. The lowest BCUT2D eigenvalue weighted by Gasteiger charge is -1.97. The van der Waals surface area contributed by atoms with Gasteiger partial charge in [0.25, 0.3) is 5.91 Å². The lowest BCUT2D eigenvalue weighted by molar-refractivity contribution is 0.0941. The molecule has 1 N–H and O–H groups in total. The molecule has 3 heterocycles. The van der Waals surface area contributed by atoms with Gasteiger partial charge in [0.05, 0.1) is 11.4 Å². The van der Waals surface area contributed by atoms with E-state index in [2.05, 4.69) is 15.6 Å². The van der Waals surface area contributed by atoms with Crippen molar-refractivity contribution in [3.8, 4) is 22.0 Å². The summed E-state index contributed by atoms with van der Waals surface area (Å²) in [4.78, 5) is 13.2. The van der Waals surface area contributed by atoms with Crippen LogP contribution in [-0.2, 0) is 6.54 Å². The Hall–Kier alpha value is -3.19. The quantitative estimate of drug-likeness (QED) is 0.588. The Morgan fingerprint density at radius 1 is 1.00 bits per heavy atom. The molecule has 0 aliphatic heterocycles. The van der Waals surface area contributed by atoms with Crippen LogP contribution in [0, 0.1) is 0 Å². The molecule has 0 bridgehead atoms. The van der Waals surface area contributed by atoms with Crippen LogP contribution in [0.15, 0.2) is 69.0 Å². The van der Waals surface area contributed by atoms with Gasteiger partial charge in [0, 0.05) is 17.7 Å². The maximum absolute atomic E-state index is 12.2. The maximum Gasteiger partial charge on any atom is 0.273 e. The largest absolute Gasteiger partial charge is 0.355 e. The Morgan fingerprint density at radius 3 is 2.64 bits per heavy atom. The molecule has 6 nitrogen and oxygen atoms in total. The Bertz CT molecular complexity index is 974. The first-order valence-corrected chi connectivity index (χ1v) is 8.47. The molecule has 0 aliphatic carbocycles. The van der Waals surface area contributed by atoms with E-state index in [1.165, 1.54) is 0 Å². The van der Waals surface area contributed by atoms with Crippen molar-refractivity contribution in [3.05, 3.63) is 71.4 Å². The fourth-order valence-corrected chi connectivity index (χ4v) is 2.99. The maximum atomic E-state index is 12.2. The molecule has 0 saturated heterocycles. The van der Waals surface area contributed by atoms with Crippen molar-refractivity contribution in [2.45, 2.75) is 6.54 Å². The van der Waals surface area contributed by atoms with E-state index < -0.39 is 0 Å². The molecule has 25 heavy (non-hydrogen) atoms. The lowest BCUT2D eigenvalue weighted by atomic mass is 10.1. The molecule has 0 radical (unpaired) electrons. The van der Waals surface area contributed by atoms with Crippen molar-refractivity contribution in [2.24, 2.45) is 0 Å². The molecule has 4 aromatic rings. The first-order chi connectivity index (χ1) is 12.3. The van der Waals surface area contributed by atoms with Crippen LogP contribution in [0.3, 0.4) is 0 Å². The van der Waals surface area contributed by atoms with Crippen molar-refractivity contribution in [1.82, 2.24) is 15.6 Å². The van der Waals surface area contributed by atoms with Gasteiger partial charge in [-0.1, -0.05) is 46.7 Å². The number of nitrogens with zero attached hydrogens (tertiary/aromatic N) is 2. The van der Waals surface area contributed by atoms with Gasteiger partial charge in [0.2, 0.25) is 0 Å². The molecule has 3 aromatic heterocycles. The number of rotatable bonds is 5. The molecule has 124 valence electrons. The van der Waals surface area contributed by atoms with Crippen molar-refractivity contribution in [1.29, 1.82) is 0 Å². The van der Waals surface area contributed by atoms with E-state index in [1.807, 2.05) is 53.9 Å². The summed E-state index contributed by atoms with van der Waals surface area (Å²) in [6.45, 7) is 0.251. The summed E-state index contributed by atoms with van der Waals surface area (Å²) >= 11 is 1.57. The molecule has 1 aromatic carbocycles. The van der Waals surface area contributed by atoms with Crippen LogP contribution in [0.2, 0.25) is 0 Å². The van der Waals surface area contributed by atoms with Gasteiger partial charge in [0.1, 0.15) is 5.69 Å². The third kappa shape index (κ3) is 3.36. The van der Waals surface area contributed by atoms with Crippen molar-refractivity contribution < 1.29 is 13.8 Å². The van der Waals surface area contributed by atoms with Gasteiger partial charge in [-0.3, -0.25) is 4.79 Å². The van der Waals surface area contributed by atoms with Crippen LogP contribution in [0.4, 0.5) is 0 Å². The number of thiophene rings is 1. The van der Waals surface area contributed by atoms with E-state index in [9.17, 15) is 4.79 Å². The molecular formula is C18H13N3O3S. The minimum atomic E-state index is -0.327. The lowest BCUT2D eigenvalue weighted by Crippen LogP contribution is -2.23. The summed E-state index contributed by atoms with van der Waals surface area (Å²) in [5.41, 5.74) is 1.73.